The zero-order chi connectivity index (χ0) is 17.5. The molecular weight excluding hydrogens is 314 g/mol. The number of nitrogens with one attached hydrogen (secondary N) is 2. The average molecular weight is 341 g/mol. The molecule has 1 aromatic heterocycles. The van der Waals surface area contributed by atoms with E-state index >= 15 is 0 Å². The third-order valence-electron chi connectivity index (χ3n) is 4.64. The van der Waals surface area contributed by atoms with E-state index < -0.39 is 0 Å². The van der Waals surface area contributed by atoms with Crippen LogP contribution in [0.15, 0.2) is 47.1 Å². The van der Waals surface area contributed by atoms with Crippen LogP contribution in [-0.4, -0.2) is 30.4 Å². The standard InChI is InChI=1S/C20H27N3O2/c1-16(24)22-18-9-7-17(8-10-18)14-21-15-19(20-6-5-13-25-20)23-11-3-2-4-12-23/h5-10,13,19,21H,2-4,11-12,14-15H2,1H3,(H,22,24). The first kappa shape index (κ1) is 17.7. The van der Waals surface area contributed by atoms with Gasteiger partial charge in [0, 0.05) is 25.7 Å². The molecule has 2 aromatic rings. The predicted octanol–water partition coefficient (Wildman–Crippen LogP) is 3.55. The lowest BCUT2D eigenvalue weighted by molar-refractivity contribution is -0.114. The van der Waals surface area contributed by atoms with Gasteiger partial charge in [-0.2, -0.15) is 0 Å². The topological polar surface area (TPSA) is 57.5 Å². The molecule has 5 nitrogen and oxygen atoms in total. The number of hydrogen-bond donors (Lipinski definition) is 2. The summed E-state index contributed by atoms with van der Waals surface area (Å²) in [5.41, 5.74) is 2.03. The van der Waals surface area contributed by atoms with E-state index in [4.69, 9.17) is 4.42 Å². The summed E-state index contributed by atoms with van der Waals surface area (Å²) in [7, 11) is 0. The summed E-state index contributed by atoms with van der Waals surface area (Å²) in [5.74, 6) is 0.990. The Morgan fingerprint density at radius 3 is 2.56 bits per heavy atom. The van der Waals surface area contributed by atoms with Crippen LogP contribution in [0.5, 0.6) is 0 Å². The van der Waals surface area contributed by atoms with Crippen molar-refractivity contribution in [1.82, 2.24) is 10.2 Å². The number of rotatable bonds is 7. The normalized spacial score (nSPS) is 16.5. The van der Waals surface area contributed by atoms with Crippen molar-refractivity contribution < 1.29 is 9.21 Å². The van der Waals surface area contributed by atoms with Crippen molar-refractivity contribution in [2.24, 2.45) is 0 Å². The SMILES string of the molecule is CC(=O)Nc1ccc(CNCC(c2ccco2)N2CCCCC2)cc1. The number of likely N-dealkylation sites (tertiary alicyclic amines) is 1. The maximum Gasteiger partial charge on any atom is 0.221 e. The zero-order valence-electron chi connectivity index (χ0n) is 14.8. The smallest absolute Gasteiger partial charge is 0.221 e. The molecule has 1 aromatic carbocycles. The van der Waals surface area contributed by atoms with Gasteiger partial charge in [0.25, 0.3) is 0 Å². The van der Waals surface area contributed by atoms with Crippen molar-refractivity contribution in [3.05, 3.63) is 54.0 Å². The number of hydrogen-bond acceptors (Lipinski definition) is 4. The maximum absolute atomic E-state index is 11.1. The van der Waals surface area contributed by atoms with Gasteiger partial charge in [0.2, 0.25) is 5.91 Å². The van der Waals surface area contributed by atoms with Gasteiger partial charge in [0.1, 0.15) is 5.76 Å². The van der Waals surface area contributed by atoms with Gasteiger partial charge < -0.3 is 15.1 Å². The van der Waals surface area contributed by atoms with Crippen LogP contribution in [0.1, 0.15) is 43.6 Å². The molecule has 25 heavy (non-hydrogen) atoms. The minimum atomic E-state index is -0.0475. The van der Waals surface area contributed by atoms with E-state index in [1.165, 1.54) is 31.7 Å². The van der Waals surface area contributed by atoms with Gasteiger partial charge in [0.15, 0.2) is 0 Å². The quantitative estimate of drug-likeness (QED) is 0.808. The van der Waals surface area contributed by atoms with Gasteiger partial charge in [-0.05, 0) is 55.8 Å². The molecule has 1 aliphatic heterocycles. The summed E-state index contributed by atoms with van der Waals surface area (Å²) >= 11 is 0. The van der Waals surface area contributed by atoms with E-state index in [9.17, 15) is 4.79 Å². The number of benzene rings is 1. The molecule has 1 unspecified atom stereocenters. The molecule has 1 atom stereocenters. The number of nitrogens with zero attached hydrogens (tertiary/aromatic N) is 1. The fourth-order valence-corrected chi connectivity index (χ4v) is 3.38. The Morgan fingerprint density at radius 2 is 1.92 bits per heavy atom. The molecule has 5 heteroatoms. The van der Waals surface area contributed by atoms with Crippen LogP contribution in [-0.2, 0) is 11.3 Å². The Morgan fingerprint density at radius 1 is 1.16 bits per heavy atom. The summed E-state index contributed by atoms with van der Waals surface area (Å²) in [6, 6.07) is 12.3. The lowest BCUT2D eigenvalue weighted by atomic mass is 10.1. The third kappa shape index (κ3) is 5.18. The summed E-state index contributed by atoms with van der Waals surface area (Å²) in [5, 5.41) is 6.35. The molecule has 0 bridgehead atoms. The second-order valence-corrected chi connectivity index (χ2v) is 6.64. The van der Waals surface area contributed by atoms with Crippen LogP contribution < -0.4 is 10.6 Å². The Kier molecular flexibility index (Phi) is 6.25. The Bertz CT molecular complexity index is 646. The highest BCUT2D eigenvalue weighted by Crippen LogP contribution is 2.24. The Hall–Kier alpha value is -2.11. The van der Waals surface area contributed by atoms with Crippen molar-refractivity contribution >= 4 is 11.6 Å². The number of furan rings is 1. The van der Waals surface area contributed by atoms with Crippen LogP contribution >= 0.6 is 0 Å². The predicted molar refractivity (Wildman–Crippen MR) is 99.3 cm³/mol. The highest BCUT2D eigenvalue weighted by Gasteiger charge is 2.23. The van der Waals surface area contributed by atoms with Gasteiger partial charge in [-0.25, -0.2) is 0 Å². The fourth-order valence-electron chi connectivity index (χ4n) is 3.38. The van der Waals surface area contributed by atoms with E-state index in [2.05, 4.69) is 21.6 Å². The molecule has 0 spiro atoms. The number of amides is 1. The minimum Gasteiger partial charge on any atom is -0.468 e. The summed E-state index contributed by atoms with van der Waals surface area (Å²) in [6.45, 7) is 5.45. The number of anilines is 1. The van der Waals surface area contributed by atoms with Gasteiger partial charge in [-0.1, -0.05) is 18.6 Å². The minimum absolute atomic E-state index is 0.0475. The lowest BCUT2D eigenvalue weighted by Gasteiger charge is -2.33. The molecule has 2 heterocycles. The highest BCUT2D eigenvalue weighted by atomic mass is 16.3. The molecule has 1 fully saturated rings. The van der Waals surface area contributed by atoms with Gasteiger partial charge in [-0.3, -0.25) is 9.69 Å². The van der Waals surface area contributed by atoms with Crippen LogP contribution in [0.3, 0.4) is 0 Å². The average Bonchev–Trinajstić information content (AvgIpc) is 3.15. The van der Waals surface area contributed by atoms with E-state index in [0.29, 0.717) is 0 Å². The second kappa shape index (κ2) is 8.83. The van der Waals surface area contributed by atoms with Crippen molar-refractivity contribution in [1.29, 1.82) is 0 Å². The largest absolute Gasteiger partial charge is 0.468 e. The van der Waals surface area contributed by atoms with Crippen LogP contribution in [0.2, 0.25) is 0 Å². The molecule has 3 rings (SSSR count). The lowest BCUT2D eigenvalue weighted by Crippen LogP contribution is -2.38. The first-order valence-electron chi connectivity index (χ1n) is 9.07. The molecular formula is C20H27N3O2. The summed E-state index contributed by atoms with van der Waals surface area (Å²) in [4.78, 5) is 13.6. The number of piperidine rings is 1. The van der Waals surface area contributed by atoms with E-state index in [-0.39, 0.29) is 11.9 Å². The zero-order valence-corrected chi connectivity index (χ0v) is 14.8. The monoisotopic (exact) mass is 341 g/mol. The molecule has 0 radical (unpaired) electrons. The second-order valence-electron chi connectivity index (χ2n) is 6.64. The van der Waals surface area contributed by atoms with Crippen LogP contribution in [0.25, 0.3) is 0 Å². The molecule has 134 valence electrons. The van der Waals surface area contributed by atoms with E-state index in [0.717, 1.165) is 37.6 Å². The molecule has 2 N–H and O–H groups in total. The van der Waals surface area contributed by atoms with E-state index in [1.807, 2.05) is 30.3 Å². The van der Waals surface area contributed by atoms with Crippen molar-refractivity contribution in [3.63, 3.8) is 0 Å². The molecule has 0 aliphatic carbocycles. The number of carbonyl (C=O) groups is 1. The van der Waals surface area contributed by atoms with Crippen molar-refractivity contribution in [3.8, 4) is 0 Å². The van der Waals surface area contributed by atoms with Crippen LogP contribution in [0.4, 0.5) is 5.69 Å². The highest BCUT2D eigenvalue weighted by molar-refractivity contribution is 5.88. The third-order valence-corrected chi connectivity index (χ3v) is 4.64. The fraction of sp³-hybridized carbons (Fsp3) is 0.450. The van der Waals surface area contributed by atoms with Crippen molar-refractivity contribution in [2.45, 2.75) is 38.8 Å². The van der Waals surface area contributed by atoms with E-state index in [1.54, 1.807) is 6.26 Å². The van der Waals surface area contributed by atoms with Gasteiger partial charge in [0.05, 0.1) is 12.3 Å². The molecule has 0 saturated carbocycles. The van der Waals surface area contributed by atoms with Crippen LogP contribution in [0, 0.1) is 0 Å². The van der Waals surface area contributed by atoms with Gasteiger partial charge in [-0.15, -0.1) is 0 Å². The molecule has 1 aliphatic rings. The van der Waals surface area contributed by atoms with Crippen molar-refractivity contribution in [2.75, 3.05) is 25.0 Å². The van der Waals surface area contributed by atoms with Gasteiger partial charge >= 0.3 is 0 Å². The number of carbonyl (C=O) groups excluding carboxylic acids is 1. The first-order valence-corrected chi connectivity index (χ1v) is 9.07. The maximum atomic E-state index is 11.1. The first-order chi connectivity index (χ1) is 12.2. The Labute approximate surface area is 149 Å². The Balaban J connectivity index is 1.55. The summed E-state index contributed by atoms with van der Waals surface area (Å²) < 4.78 is 5.68. The molecule has 1 amide bonds. The summed E-state index contributed by atoms with van der Waals surface area (Å²) in [6.07, 6.45) is 5.62. The molecule has 1 saturated heterocycles.